The van der Waals surface area contributed by atoms with Crippen molar-refractivity contribution < 1.29 is 49.4 Å². The molecule has 2 aromatic carbocycles. The molecule has 36 heavy (non-hydrogen) atoms. The van der Waals surface area contributed by atoms with Gasteiger partial charge in [-0.15, -0.1) is 0 Å². The lowest BCUT2D eigenvalue weighted by atomic mass is 10.0. The van der Waals surface area contributed by atoms with Crippen molar-refractivity contribution in [3.63, 3.8) is 0 Å². The van der Waals surface area contributed by atoms with E-state index in [1.165, 1.54) is 0 Å². The average Bonchev–Trinajstić information content (AvgIpc) is 2.67. The Kier molecular flexibility index (Phi) is 8.17. The minimum atomic E-state index is -5.57. The Morgan fingerprint density at radius 2 is 1.28 bits per heavy atom. The molecule has 0 heterocycles. The van der Waals surface area contributed by atoms with Crippen LogP contribution in [0.1, 0.15) is 23.6 Å². The number of alkyl halides is 9. The van der Waals surface area contributed by atoms with E-state index in [0.29, 0.717) is 0 Å². The van der Waals surface area contributed by atoms with Crippen LogP contribution < -0.4 is 4.90 Å². The molecule has 0 radical (unpaired) electrons. The van der Waals surface area contributed by atoms with Crippen LogP contribution in [0.25, 0.3) is 0 Å². The summed E-state index contributed by atoms with van der Waals surface area (Å²) in [5.74, 6) is 0. The zero-order valence-corrected chi connectivity index (χ0v) is 20.8. The third-order valence-electron chi connectivity index (χ3n) is 4.50. The predicted molar refractivity (Wildman–Crippen MR) is 114 cm³/mol. The minimum absolute atomic E-state index is 0.0975. The van der Waals surface area contributed by atoms with Crippen molar-refractivity contribution in [3.05, 3.63) is 63.0 Å². The normalized spacial score (nSPS) is 12.6. The molecule has 0 spiro atoms. The second kappa shape index (κ2) is 9.85. The maximum Gasteiger partial charge on any atom is 0.419 e. The molecule has 0 aromatic heterocycles. The van der Waals surface area contributed by atoms with Crippen LogP contribution in [0, 0.1) is 20.2 Å². The number of nitrogens with zero attached hydrogens (tertiary/aromatic N) is 3. The van der Waals surface area contributed by atoms with Gasteiger partial charge in [0.05, 0.1) is 52.3 Å². The summed E-state index contributed by atoms with van der Waals surface area (Å²) in [7, 11) is 0. The van der Waals surface area contributed by atoms with Crippen LogP contribution in [0.2, 0.25) is 5.02 Å². The Labute approximate surface area is 215 Å². The van der Waals surface area contributed by atoms with E-state index in [4.69, 9.17) is 11.6 Å². The number of rotatable bonds is 5. The summed E-state index contributed by atoms with van der Waals surface area (Å²) < 4.78 is 121. The standard InChI is InChI=1S/C17H7Br2ClF9N3O4/c1-2-30(13-6(15(21,22)23)3-5(31(33)34)4-7(13)32(35)36)14-10(18)8(16(24,25)26)12(20)9(11(14)19)17(27,28)29/h3-4H,2H2,1H3. The first-order valence-corrected chi connectivity index (χ1v) is 10.8. The van der Waals surface area contributed by atoms with E-state index in [1.807, 2.05) is 0 Å². The zero-order valence-electron chi connectivity index (χ0n) is 16.9. The number of halogens is 12. The van der Waals surface area contributed by atoms with Gasteiger partial charge in [-0.25, -0.2) is 0 Å². The van der Waals surface area contributed by atoms with Gasteiger partial charge in [-0.05, 0) is 38.8 Å². The van der Waals surface area contributed by atoms with Crippen LogP contribution in [-0.4, -0.2) is 16.4 Å². The molecule has 2 aromatic rings. The topological polar surface area (TPSA) is 89.5 Å². The van der Waals surface area contributed by atoms with Crippen molar-refractivity contribution in [1.29, 1.82) is 0 Å². The average molecular weight is 684 g/mol. The number of hydrogen-bond acceptors (Lipinski definition) is 5. The molecule has 198 valence electrons. The van der Waals surface area contributed by atoms with Crippen LogP contribution in [0.3, 0.4) is 0 Å². The first-order chi connectivity index (χ1) is 16.2. The van der Waals surface area contributed by atoms with Gasteiger partial charge in [0.2, 0.25) is 0 Å². The van der Waals surface area contributed by atoms with Gasteiger partial charge < -0.3 is 4.90 Å². The Morgan fingerprint density at radius 3 is 1.58 bits per heavy atom. The second-order valence-electron chi connectivity index (χ2n) is 6.65. The van der Waals surface area contributed by atoms with E-state index in [-0.39, 0.29) is 17.0 Å². The molecule has 0 atom stereocenters. The largest absolute Gasteiger partial charge is 0.419 e. The molecule has 0 fully saturated rings. The number of hydrogen-bond donors (Lipinski definition) is 0. The van der Waals surface area contributed by atoms with Crippen molar-refractivity contribution in [2.75, 3.05) is 11.4 Å². The SMILES string of the molecule is CCN(c1c([N+](=O)[O-])cc([N+](=O)[O-])cc1C(F)(F)F)c1c(Br)c(C(F)(F)F)c(Cl)c(C(F)(F)F)c1Br. The lowest BCUT2D eigenvalue weighted by molar-refractivity contribution is -0.394. The maximum absolute atomic E-state index is 13.9. The maximum atomic E-state index is 13.9. The third kappa shape index (κ3) is 5.49. The van der Waals surface area contributed by atoms with Crippen molar-refractivity contribution in [2.45, 2.75) is 25.5 Å². The van der Waals surface area contributed by atoms with E-state index < -0.39 is 88.3 Å². The van der Waals surface area contributed by atoms with E-state index in [1.54, 1.807) is 0 Å². The van der Waals surface area contributed by atoms with Crippen LogP contribution >= 0.6 is 43.5 Å². The first kappa shape index (κ1) is 29.9. The molecular weight excluding hydrogens is 676 g/mol. The minimum Gasteiger partial charge on any atom is -0.334 e. The highest BCUT2D eigenvalue weighted by atomic mass is 79.9. The highest BCUT2D eigenvalue weighted by Crippen LogP contribution is 2.56. The Balaban J connectivity index is 3.22. The molecule has 7 nitrogen and oxygen atoms in total. The van der Waals surface area contributed by atoms with Crippen LogP contribution in [0.5, 0.6) is 0 Å². The fourth-order valence-electron chi connectivity index (χ4n) is 3.16. The number of nitro groups is 2. The molecule has 0 saturated carbocycles. The van der Waals surface area contributed by atoms with Crippen molar-refractivity contribution in [1.82, 2.24) is 0 Å². The van der Waals surface area contributed by atoms with Gasteiger partial charge in [-0.2, -0.15) is 39.5 Å². The van der Waals surface area contributed by atoms with E-state index in [0.717, 1.165) is 6.92 Å². The molecular formula is C17H7Br2ClF9N3O4. The summed E-state index contributed by atoms with van der Waals surface area (Å²) in [5, 5.41) is 20.8. The van der Waals surface area contributed by atoms with E-state index in [9.17, 15) is 59.7 Å². The summed E-state index contributed by atoms with van der Waals surface area (Å²) in [6.07, 6.45) is -16.7. The van der Waals surface area contributed by atoms with Crippen molar-refractivity contribution in [3.8, 4) is 0 Å². The van der Waals surface area contributed by atoms with Crippen molar-refractivity contribution in [2.24, 2.45) is 0 Å². The summed E-state index contributed by atoms with van der Waals surface area (Å²) in [6, 6.07) is -0.0294. The molecule has 19 heteroatoms. The highest BCUT2D eigenvalue weighted by molar-refractivity contribution is 9.11. The third-order valence-corrected chi connectivity index (χ3v) is 6.43. The quantitative estimate of drug-likeness (QED) is 0.179. The first-order valence-electron chi connectivity index (χ1n) is 8.82. The molecule has 0 N–H and O–H groups in total. The number of anilines is 2. The summed E-state index contributed by atoms with van der Waals surface area (Å²) in [4.78, 5) is 19.9. The number of benzene rings is 2. The zero-order chi connectivity index (χ0) is 28.1. The molecule has 2 rings (SSSR count). The van der Waals surface area contributed by atoms with Gasteiger partial charge in [0.15, 0.2) is 0 Å². The molecule has 0 aliphatic heterocycles. The molecule has 0 bridgehead atoms. The van der Waals surface area contributed by atoms with E-state index >= 15 is 0 Å². The highest BCUT2D eigenvalue weighted by Gasteiger charge is 2.48. The Hall–Kier alpha value is -2.34. The Morgan fingerprint density at radius 1 is 0.833 bits per heavy atom. The lowest BCUT2D eigenvalue weighted by Crippen LogP contribution is -2.25. The van der Waals surface area contributed by atoms with Gasteiger partial charge >= 0.3 is 18.5 Å². The fourth-order valence-corrected chi connectivity index (χ4v) is 5.73. The lowest BCUT2D eigenvalue weighted by Gasteiger charge is -2.31. The molecule has 0 unspecified atom stereocenters. The van der Waals surface area contributed by atoms with Gasteiger partial charge in [-0.1, -0.05) is 11.6 Å². The van der Waals surface area contributed by atoms with Crippen LogP contribution in [0.15, 0.2) is 21.1 Å². The predicted octanol–water partition coefficient (Wildman–Crippen LogP) is 8.90. The second-order valence-corrected chi connectivity index (χ2v) is 8.62. The Bertz CT molecular complexity index is 1210. The van der Waals surface area contributed by atoms with Crippen LogP contribution in [-0.2, 0) is 18.5 Å². The smallest absolute Gasteiger partial charge is 0.334 e. The summed E-state index contributed by atoms with van der Waals surface area (Å²) in [6.45, 7) is 0.106. The molecule has 0 aliphatic rings. The summed E-state index contributed by atoms with van der Waals surface area (Å²) in [5.41, 5.74) is -12.1. The number of non-ortho nitro benzene ring substituents is 1. The van der Waals surface area contributed by atoms with Gasteiger partial charge in [0, 0.05) is 12.6 Å². The molecule has 0 amide bonds. The van der Waals surface area contributed by atoms with Crippen LogP contribution in [0.4, 0.5) is 62.3 Å². The van der Waals surface area contributed by atoms with Crippen molar-refractivity contribution >= 4 is 66.2 Å². The van der Waals surface area contributed by atoms with Gasteiger partial charge in [0.1, 0.15) is 5.69 Å². The molecule has 0 saturated heterocycles. The van der Waals surface area contributed by atoms with Gasteiger partial charge in [-0.3, -0.25) is 20.2 Å². The van der Waals surface area contributed by atoms with Gasteiger partial charge in [0.25, 0.3) is 11.4 Å². The summed E-state index contributed by atoms with van der Waals surface area (Å²) >= 11 is 10.3. The monoisotopic (exact) mass is 681 g/mol. The number of nitro benzene ring substituents is 2. The van der Waals surface area contributed by atoms with E-state index in [2.05, 4.69) is 31.9 Å². The fraction of sp³-hybridized carbons (Fsp3) is 0.294. The molecule has 0 aliphatic carbocycles.